The van der Waals surface area contributed by atoms with E-state index in [-0.39, 0.29) is 67.0 Å². The highest BCUT2D eigenvalue weighted by molar-refractivity contribution is 7.94. The van der Waals surface area contributed by atoms with Gasteiger partial charge in [0.15, 0.2) is 9.84 Å². The third-order valence-corrected chi connectivity index (χ3v) is 11.2. The highest BCUT2D eigenvalue weighted by atomic mass is 35.5. The second-order valence-corrected chi connectivity index (χ2v) is 17.2. The summed E-state index contributed by atoms with van der Waals surface area (Å²) >= 11 is 6.14. The Balaban J connectivity index is 1.26. The first kappa shape index (κ1) is 42.6. The molecule has 0 bridgehead atoms. The average Bonchev–Trinajstić information content (AvgIpc) is 3.16. The van der Waals surface area contributed by atoms with Gasteiger partial charge in [0.2, 0.25) is 23.1 Å². The van der Waals surface area contributed by atoms with Gasteiger partial charge in [-0.05, 0) is 89.8 Å². The van der Waals surface area contributed by atoms with E-state index in [1.807, 2.05) is 0 Å². The fourth-order valence-electron chi connectivity index (χ4n) is 5.28. The van der Waals surface area contributed by atoms with Gasteiger partial charge in [0, 0.05) is 29.8 Å². The van der Waals surface area contributed by atoms with Crippen LogP contribution in [0.1, 0.15) is 6.92 Å². The molecule has 1 aromatic heterocycles. The van der Waals surface area contributed by atoms with E-state index < -0.39 is 51.5 Å². The zero-order valence-electron chi connectivity index (χ0n) is 30.4. The Labute approximate surface area is 345 Å². The van der Waals surface area contributed by atoms with Crippen molar-refractivity contribution in [3.63, 3.8) is 0 Å². The van der Waals surface area contributed by atoms with Crippen molar-refractivity contribution >= 4 is 116 Å². The predicted octanol–water partition coefficient (Wildman–Crippen LogP) is 7.65. The first-order chi connectivity index (χ1) is 28.2. The lowest BCUT2D eigenvalue weighted by atomic mass is 10.1. The predicted molar refractivity (Wildman–Crippen MR) is 220 cm³/mol. The number of anilines is 6. The van der Waals surface area contributed by atoms with Crippen LogP contribution in [0.3, 0.4) is 0 Å². The number of aromatic nitrogens is 3. The minimum Gasteiger partial charge on any atom is -0.507 e. The first-order valence-corrected chi connectivity index (χ1v) is 21.3. The van der Waals surface area contributed by atoms with Gasteiger partial charge in [0.25, 0.3) is 20.2 Å². The lowest BCUT2D eigenvalue weighted by Gasteiger charge is -2.11. The fraction of sp³-hybridized carbons (Fsp3) is 0.0286. The molecule has 8 N–H and O–H groups in total. The molecule has 0 aliphatic heterocycles. The maximum absolute atomic E-state index is 12.4. The summed E-state index contributed by atoms with van der Waals surface area (Å²) < 4.78 is 91.7. The second kappa shape index (κ2) is 16.7. The molecular weight excluding hydrogens is 866 g/mol. The summed E-state index contributed by atoms with van der Waals surface area (Å²) in [5.74, 6) is -1.12. The van der Waals surface area contributed by atoms with E-state index in [1.165, 1.54) is 67.6 Å². The summed E-state index contributed by atoms with van der Waals surface area (Å²) in [7, 11) is -13.3. The van der Waals surface area contributed by atoms with Crippen molar-refractivity contribution in [1.29, 1.82) is 0 Å². The molecule has 0 saturated heterocycles. The van der Waals surface area contributed by atoms with Gasteiger partial charge in [-0.1, -0.05) is 12.6 Å². The Morgan fingerprint density at radius 1 is 0.750 bits per heavy atom. The van der Waals surface area contributed by atoms with Crippen molar-refractivity contribution in [3.05, 3.63) is 102 Å². The molecular formula is C35H28ClN11O10S3. The van der Waals surface area contributed by atoms with Crippen LogP contribution >= 0.6 is 11.6 Å². The number of benzene rings is 5. The SMILES string of the molecule is C=CS(=O)(=O)c1ccc(Nc2nc(Cl)nc(Nc3ccc(N=Nc4ccc(N=Nc5c(N)ccc6cc(S(=O)(=O)O)cc(O)c56)c(S(=O)(=O)O)c4)c(NC(C)=O)c3)n2)cc1. The van der Waals surface area contributed by atoms with Crippen LogP contribution in [0.5, 0.6) is 5.75 Å². The molecule has 1 amide bonds. The number of fused-ring (bicyclic) bond motifs is 1. The number of carbonyl (C=O) groups excluding carboxylic acids is 1. The molecule has 0 fully saturated rings. The van der Waals surface area contributed by atoms with Gasteiger partial charge in [0.05, 0.1) is 32.2 Å². The number of phenolic OH excluding ortho intramolecular Hbond substituents is 1. The van der Waals surface area contributed by atoms with Crippen molar-refractivity contribution in [2.45, 2.75) is 21.6 Å². The van der Waals surface area contributed by atoms with Crippen LogP contribution in [0.25, 0.3) is 10.8 Å². The largest absolute Gasteiger partial charge is 0.507 e. The quantitative estimate of drug-likeness (QED) is 0.0332. The van der Waals surface area contributed by atoms with E-state index in [0.29, 0.717) is 11.4 Å². The van der Waals surface area contributed by atoms with Gasteiger partial charge in [-0.2, -0.15) is 36.9 Å². The zero-order chi connectivity index (χ0) is 43.6. The average molecular weight is 894 g/mol. The summed E-state index contributed by atoms with van der Waals surface area (Å²) in [6.07, 6.45) is 0. The molecule has 6 rings (SSSR count). The molecule has 60 heavy (non-hydrogen) atoms. The Morgan fingerprint density at radius 3 is 2.02 bits per heavy atom. The van der Waals surface area contributed by atoms with E-state index in [1.54, 1.807) is 0 Å². The number of nitrogens with two attached hydrogens (primary N) is 1. The molecule has 0 saturated carbocycles. The Hall–Kier alpha value is -6.96. The summed E-state index contributed by atoms with van der Waals surface area (Å²) in [4.78, 5) is 23.2. The Morgan fingerprint density at radius 2 is 1.38 bits per heavy atom. The van der Waals surface area contributed by atoms with Crippen LogP contribution in [0.2, 0.25) is 5.28 Å². The smallest absolute Gasteiger partial charge is 0.296 e. The topological polar surface area (TPSA) is 330 Å². The van der Waals surface area contributed by atoms with Gasteiger partial charge >= 0.3 is 0 Å². The number of hydrogen-bond acceptors (Lipinski definition) is 18. The van der Waals surface area contributed by atoms with E-state index >= 15 is 0 Å². The van der Waals surface area contributed by atoms with Gasteiger partial charge in [-0.3, -0.25) is 13.9 Å². The number of nitrogen functional groups attached to an aromatic ring is 1. The summed E-state index contributed by atoms with van der Waals surface area (Å²) in [5, 5.41) is 35.8. The minimum absolute atomic E-state index is 0.00920. The highest BCUT2D eigenvalue weighted by Gasteiger charge is 2.20. The summed E-state index contributed by atoms with van der Waals surface area (Å²) in [6, 6.07) is 18.0. The van der Waals surface area contributed by atoms with Crippen molar-refractivity contribution in [1.82, 2.24) is 15.0 Å². The van der Waals surface area contributed by atoms with Gasteiger partial charge < -0.3 is 26.8 Å². The lowest BCUT2D eigenvalue weighted by Crippen LogP contribution is -2.07. The fourth-order valence-corrected chi connectivity index (χ4v) is 7.32. The molecule has 0 radical (unpaired) electrons. The molecule has 0 atom stereocenters. The number of rotatable bonds is 13. The van der Waals surface area contributed by atoms with Gasteiger partial charge in [-0.15, -0.1) is 15.3 Å². The Bertz CT molecular complexity index is 3130. The van der Waals surface area contributed by atoms with Gasteiger partial charge in [-0.25, -0.2) is 8.42 Å². The van der Waals surface area contributed by atoms with Crippen LogP contribution in [-0.2, 0) is 34.9 Å². The maximum Gasteiger partial charge on any atom is 0.296 e. The maximum atomic E-state index is 12.4. The van der Waals surface area contributed by atoms with Crippen LogP contribution in [-0.4, -0.2) is 60.3 Å². The van der Waals surface area contributed by atoms with Crippen molar-refractivity contribution in [2.75, 3.05) is 21.7 Å². The number of sulfone groups is 1. The van der Waals surface area contributed by atoms with E-state index in [0.717, 1.165) is 29.7 Å². The number of nitrogens with zero attached hydrogens (tertiary/aromatic N) is 7. The second-order valence-electron chi connectivity index (χ2n) is 12.2. The third kappa shape index (κ3) is 10.0. The number of azo groups is 2. The zero-order valence-corrected chi connectivity index (χ0v) is 33.6. The van der Waals surface area contributed by atoms with Crippen LogP contribution in [0.15, 0.2) is 132 Å². The molecule has 25 heteroatoms. The standard InChI is InChI=1S/C35H28ClN11O10S3/c1-3-58(50,51)23-9-5-20(6-10-23)39-34-41-33(36)42-35(43-34)40-21-7-12-26(28(15-21)38-18(2)48)45-44-22-8-13-27(30(16-22)60(55,56)57)46-47-32-25(37)11-4-19-14-24(59(52,53)54)17-29(49)31(19)32/h3-17,49H,1,37H2,2H3,(H,38,48)(H,52,53,54)(H,55,56,57)(H2,39,40,41,42,43). The summed E-state index contributed by atoms with van der Waals surface area (Å²) in [6.45, 7) is 4.55. The minimum atomic E-state index is -4.97. The summed E-state index contributed by atoms with van der Waals surface area (Å²) in [5.41, 5.74) is 6.37. The molecule has 308 valence electrons. The number of hydrogen-bond donors (Lipinski definition) is 7. The molecule has 0 unspecified atom stereocenters. The molecule has 0 aliphatic carbocycles. The van der Waals surface area contributed by atoms with Crippen LogP contribution in [0.4, 0.5) is 57.4 Å². The monoisotopic (exact) mass is 893 g/mol. The Kier molecular flexibility index (Phi) is 11.9. The molecule has 21 nitrogen and oxygen atoms in total. The number of aromatic hydroxyl groups is 1. The molecule has 0 spiro atoms. The number of halogens is 1. The normalized spacial score (nSPS) is 12.2. The lowest BCUT2D eigenvalue weighted by molar-refractivity contribution is -0.114. The van der Waals surface area contributed by atoms with Gasteiger partial charge in [0.1, 0.15) is 27.7 Å². The first-order valence-electron chi connectivity index (χ1n) is 16.5. The van der Waals surface area contributed by atoms with Crippen LogP contribution in [0, 0.1) is 0 Å². The van der Waals surface area contributed by atoms with E-state index in [2.05, 4.69) is 57.9 Å². The van der Waals surface area contributed by atoms with E-state index in [4.69, 9.17) is 17.3 Å². The van der Waals surface area contributed by atoms with E-state index in [9.17, 15) is 44.3 Å². The third-order valence-electron chi connectivity index (χ3n) is 7.95. The molecule has 0 aliphatic rings. The number of carbonyl (C=O) groups is 1. The van der Waals surface area contributed by atoms with Crippen molar-refractivity contribution in [2.24, 2.45) is 20.5 Å². The van der Waals surface area contributed by atoms with Crippen molar-refractivity contribution in [3.8, 4) is 5.75 Å². The molecule has 6 aromatic rings. The van der Waals surface area contributed by atoms with Crippen molar-refractivity contribution < 1.29 is 44.3 Å². The number of phenols is 1. The molecule has 1 heterocycles. The number of nitrogens with one attached hydrogen (secondary N) is 3. The van der Waals surface area contributed by atoms with Crippen LogP contribution < -0.4 is 21.7 Å². The highest BCUT2D eigenvalue weighted by Crippen LogP contribution is 2.41. The number of amides is 1. The molecule has 5 aromatic carbocycles.